The van der Waals surface area contributed by atoms with Crippen LogP contribution in [0.1, 0.15) is 16.7 Å². The summed E-state index contributed by atoms with van der Waals surface area (Å²) in [7, 11) is 0. The van der Waals surface area contributed by atoms with E-state index < -0.39 is 29.1 Å². The van der Waals surface area contributed by atoms with Gasteiger partial charge in [0.25, 0.3) is 11.8 Å². The molecule has 0 spiro atoms. The molecular formula is C26H18Cl2F3N3O3. The molecule has 0 heterocycles. The van der Waals surface area contributed by atoms with Crippen LogP contribution in [-0.4, -0.2) is 18.4 Å². The van der Waals surface area contributed by atoms with Gasteiger partial charge in [-0.05, 0) is 66.6 Å². The molecule has 6 nitrogen and oxygen atoms in total. The number of nitriles is 1. The lowest BCUT2D eigenvalue weighted by molar-refractivity contribution is -0.137. The molecule has 3 aromatic rings. The highest BCUT2D eigenvalue weighted by molar-refractivity contribution is 6.37. The van der Waals surface area contributed by atoms with Crippen molar-refractivity contribution in [2.24, 2.45) is 0 Å². The van der Waals surface area contributed by atoms with Crippen molar-refractivity contribution in [3.8, 4) is 11.8 Å². The molecule has 11 heteroatoms. The van der Waals surface area contributed by atoms with Gasteiger partial charge in [0.15, 0.2) is 12.4 Å². The van der Waals surface area contributed by atoms with Crippen LogP contribution in [0, 0.1) is 18.3 Å². The number of nitrogens with one attached hydrogen (secondary N) is 2. The molecular weight excluding hydrogens is 530 g/mol. The van der Waals surface area contributed by atoms with Crippen LogP contribution < -0.4 is 15.4 Å². The van der Waals surface area contributed by atoms with Gasteiger partial charge in [-0.15, -0.1) is 0 Å². The summed E-state index contributed by atoms with van der Waals surface area (Å²) < 4.78 is 44.2. The van der Waals surface area contributed by atoms with Gasteiger partial charge in [-0.25, -0.2) is 0 Å². The van der Waals surface area contributed by atoms with Gasteiger partial charge in [0, 0.05) is 11.4 Å². The van der Waals surface area contributed by atoms with E-state index in [1.165, 1.54) is 18.2 Å². The van der Waals surface area contributed by atoms with Crippen molar-refractivity contribution in [2.45, 2.75) is 13.1 Å². The number of aryl methyl sites for hydroxylation is 1. The Labute approximate surface area is 220 Å². The second kappa shape index (κ2) is 11.8. The molecule has 0 unspecified atom stereocenters. The van der Waals surface area contributed by atoms with Crippen LogP contribution in [0.25, 0.3) is 6.08 Å². The van der Waals surface area contributed by atoms with Crippen LogP contribution >= 0.6 is 23.2 Å². The van der Waals surface area contributed by atoms with Crippen molar-refractivity contribution in [3.63, 3.8) is 0 Å². The quantitative estimate of drug-likeness (QED) is 0.249. The summed E-state index contributed by atoms with van der Waals surface area (Å²) >= 11 is 12.5. The minimum Gasteiger partial charge on any atom is -0.481 e. The van der Waals surface area contributed by atoms with E-state index in [0.29, 0.717) is 5.69 Å². The number of nitrogens with zero attached hydrogens (tertiary/aromatic N) is 1. The molecule has 0 atom stereocenters. The molecule has 0 aromatic heterocycles. The normalized spacial score (nSPS) is 11.4. The Morgan fingerprint density at radius 1 is 1.00 bits per heavy atom. The van der Waals surface area contributed by atoms with Gasteiger partial charge in [0.05, 0.1) is 15.6 Å². The zero-order valence-electron chi connectivity index (χ0n) is 19.1. The van der Waals surface area contributed by atoms with Crippen molar-refractivity contribution >= 4 is 52.5 Å². The minimum atomic E-state index is -4.59. The number of alkyl halides is 3. The summed E-state index contributed by atoms with van der Waals surface area (Å²) in [5.74, 6) is -1.35. The first-order chi connectivity index (χ1) is 17.5. The van der Waals surface area contributed by atoms with Crippen LogP contribution in [0.4, 0.5) is 24.5 Å². The second-order valence-corrected chi connectivity index (χ2v) is 8.54. The minimum absolute atomic E-state index is 0.0117. The summed E-state index contributed by atoms with van der Waals surface area (Å²) in [5, 5.41) is 14.4. The number of benzene rings is 3. The van der Waals surface area contributed by atoms with E-state index in [0.717, 1.165) is 29.8 Å². The van der Waals surface area contributed by atoms with Gasteiger partial charge in [-0.2, -0.15) is 18.4 Å². The lowest BCUT2D eigenvalue weighted by atomic mass is 10.1. The molecule has 0 radical (unpaired) electrons. The topological polar surface area (TPSA) is 91.2 Å². The molecule has 0 fully saturated rings. The molecule has 3 aromatic carbocycles. The highest BCUT2D eigenvalue weighted by atomic mass is 35.5. The Morgan fingerprint density at radius 3 is 2.22 bits per heavy atom. The number of hydrogen-bond acceptors (Lipinski definition) is 4. The maximum absolute atomic E-state index is 12.9. The molecule has 3 rings (SSSR count). The Kier molecular flexibility index (Phi) is 8.81. The van der Waals surface area contributed by atoms with E-state index >= 15 is 0 Å². The first-order valence-corrected chi connectivity index (χ1v) is 11.3. The predicted molar refractivity (Wildman–Crippen MR) is 135 cm³/mol. The molecule has 190 valence electrons. The fourth-order valence-electron chi connectivity index (χ4n) is 3.15. The van der Waals surface area contributed by atoms with Crippen molar-refractivity contribution in [2.75, 3.05) is 17.2 Å². The summed E-state index contributed by atoms with van der Waals surface area (Å²) in [6.45, 7) is 1.50. The smallest absolute Gasteiger partial charge is 0.416 e. The van der Waals surface area contributed by atoms with Crippen LogP contribution in [0.15, 0.2) is 66.2 Å². The fraction of sp³-hybridized carbons (Fsp3) is 0.115. The summed E-state index contributed by atoms with van der Waals surface area (Å²) in [6.07, 6.45) is -3.43. The number of ether oxygens (including phenoxy) is 1. The summed E-state index contributed by atoms with van der Waals surface area (Å²) in [5.41, 5.74) is 0.324. The molecule has 37 heavy (non-hydrogen) atoms. The second-order valence-electron chi connectivity index (χ2n) is 7.72. The third kappa shape index (κ3) is 7.74. The summed E-state index contributed by atoms with van der Waals surface area (Å²) in [6, 6.07) is 15.6. The fourth-order valence-corrected chi connectivity index (χ4v) is 3.76. The number of rotatable bonds is 7. The zero-order valence-corrected chi connectivity index (χ0v) is 20.6. The monoisotopic (exact) mass is 547 g/mol. The highest BCUT2D eigenvalue weighted by Crippen LogP contribution is 2.35. The predicted octanol–water partition coefficient (Wildman–Crippen LogP) is 6.88. The maximum Gasteiger partial charge on any atom is 0.416 e. The third-order valence-corrected chi connectivity index (χ3v) is 5.36. The molecule has 0 aliphatic carbocycles. The third-order valence-electron chi connectivity index (χ3n) is 4.79. The van der Waals surface area contributed by atoms with E-state index in [1.54, 1.807) is 24.3 Å². The number of halogens is 5. The van der Waals surface area contributed by atoms with Crippen LogP contribution in [0.2, 0.25) is 10.0 Å². The van der Waals surface area contributed by atoms with E-state index in [-0.39, 0.29) is 33.7 Å². The number of hydrogen-bond donors (Lipinski definition) is 2. The van der Waals surface area contributed by atoms with Crippen LogP contribution in [-0.2, 0) is 15.8 Å². The number of anilines is 2. The van der Waals surface area contributed by atoms with Gasteiger partial charge < -0.3 is 15.4 Å². The van der Waals surface area contributed by atoms with Gasteiger partial charge in [0.1, 0.15) is 11.6 Å². The van der Waals surface area contributed by atoms with E-state index in [2.05, 4.69) is 10.6 Å². The summed E-state index contributed by atoms with van der Waals surface area (Å²) in [4.78, 5) is 24.7. The van der Waals surface area contributed by atoms with E-state index in [4.69, 9.17) is 27.9 Å². The van der Waals surface area contributed by atoms with Crippen molar-refractivity contribution < 1.29 is 27.5 Å². The number of amides is 2. The average Bonchev–Trinajstić information content (AvgIpc) is 2.81. The Hall–Kier alpha value is -4.00. The van der Waals surface area contributed by atoms with Gasteiger partial charge in [-0.3, -0.25) is 9.59 Å². The largest absolute Gasteiger partial charge is 0.481 e. The Bertz CT molecular complexity index is 1390. The van der Waals surface area contributed by atoms with E-state index in [1.807, 2.05) is 13.0 Å². The van der Waals surface area contributed by atoms with Crippen LogP contribution in [0.3, 0.4) is 0 Å². The van der Waals surface area contributed by atoms with Gasteiger partial charge in [-0.1, -0.05) is 41.4 Å². The molecule has 0 saturated carbocycles. The van der Waals surface area contributed by atoms with Crippen molar-refractivity contribution in [3.05, 3.63) is 93.0 Å². The maximum atomic E-state index is 12.9. The van der Waals surface area contributed by atoms with Gasteiger partial charge >= 0.3 is 6.18 Å². The first-order valence-electron chi connectivity index (χ1n) is 10.5. The Balaban J connectivity index is 1.71. The Morgan fingerprint density at radius 2 is 1.62 bits per heavy atom. The molecule has 0 saturated heterocycles. The number of carbonyl (C=O) groups is 2. The molecule has 0 bridgehead atoms. The molecule has 2 N–H and O–H groups in total. The molecule has 2 amide bonds. The van der Waals surface area contributed by atoms with Crippen molar-refractivity contribution in [1.29, 1.82) is 5.26 Å². The standard InChI is InChI=1S/C26H18Cl2F3N3O3/c1-15-4-2-6-19(8-15)33-23(35)14-37-24-21(27)10-16(11-22(24)28)9-17(13-32)25(36)34-20-7-3-5-18(12-20)26(29,30)31/h2-12H,14H2,1H3,(H,33,35)(H,34,36)/b17-9+. The SMILES string of the molecule is Cc1cccc(NC(=O)COc2c(Cl)cc(/C=C(\C#N)C(=O)Nc3cccc(C(F)(F)F)c3)cc2Cl)c1. The van der Waals surface area contributed by atoms with Gasteiger partial charge in [0.2, 0.25) is 0 Å². The van der Waals surface area contributed by atoms with E-state index in [9.17, 15) is 28.0 Å². The van der Waals surface area contributed by atoms with Crippen LogP contribution in [0.5, 0.6) is 5.75 Å². The van der Waals surface area contributed by atoms with Crippen molar-refractivity contribution in [1.82, 2.24) is 0 Å². The molecule has 0 aliphatic rings. The lowest BCUT2D eigenvalue weighted by Crippen LogP contribution is -2.20. The molecule has 0 aliphatic heterocycles. The average molecular weight is 548 g/mol. The first kappa shape index (κ1) is 27.6. The lowest BCUT2D eigenvalue weighted by Gasteiger charge is -2.12. The highest BCUT2D eigenvalue weighted by Gasteiger charge is 2.30. The zero-order chi connectivity index (χ0) is 27.2. The number of carbonyl (C=O) groups excluding carboxylic acids is 2.